The molecule has 1 heterocycles. The SMILES string of the molecule is [pH]1[pH][pH][pH][pH]1. The molecule has 0 aliphatic rings. The monoisotopic (exact) mass is 160 g/mol. The molecule has 0 nitrogen and oxygen atoms in total. The fraction of sp³-hybridized carbons (Fsp3) is 0. The first-order chi connectivity index (χ1) is 2.50. The number of hydrogen-bond acceptors (Lipinski definition) is 0. The molecule has 0 N–H and O–H groups in total. The highest BCUT2D eigenvalue weighted by molar-refractivity contribution is 8.55. The van der Waals surface area contributed by atoms with Crippen LogP contribution >= 0.6 is 37.7 Å². The quantitative estimate of drug-likeness (QED) is 0.547. The zero-order valence-electron chi connectivity index (χ0n) is 2.50. The fourth-order valence-electron chi connectivity index (χ4n) is 0.156. The van der Waals surface area contributed by atoms with Crippen molar-refractivity contribution in [1.82, 2.24) is 0 Å². The van der Waals surface area contributed by atoms with Gasteiger partial charge in [0, 0.05) is 0 Å². The van der Waals surface area contributed by atoms with Gasteiger partial charge in [-0.25, -0.2) is 0 Å². The minimum atomic E-state index is 1.39. The highest BCUT2D eigenvalue weighted by atomic mass is 32.6. The molecule has 0 aliphatic carbocycles. The van der Waals surface area contributed by atoms with Crippen LogP contribution in [0.2, 0.25) is 0 Å². The molecule has 1 aromatic rings. The minimum Gasteiger partial charge on any atom is -0.0972 e. The van der Waals surface area contributed by atoms with Crippen molar-refractivity contribution in [2.75, 3.05) is 0 Å². The molecule has 0 saturated carbocycles. The molecule has 5 heavy (non-hydrogen) atoms. The van der Waals surface area contributed by atoms with Crippen LogP contribution in [0.25, 0.3) is 0 Å². The van der Waals surface area contributed by atoms with Crippen LogP contribution in [-0.4, -0.2) is 0 Å². The van der Waals surface area contributed by atoms with Gasteiger partial charge in [0.05, 0.1) is 0 Å². The Morgan fingerprint density at radius 1 is 0.400 bits per heavy atom. The highest BCUT2D eigenvalue weighted by Gasteiger charge is 1.54. The normalized spacial score (nSPS) is 16.0. The van der Waals surface area contributed by atoms with Crippen LogP contribution in [0.5, 0.6) is 0 Å². The second kappa shape index (κ2) is 2.64. The van der Waals surface area contributed by atoms with E-state index in [1.54, 1.807) is 0 Å². The second-order valence-electron chi connectivity index (χ2n) is 0.625. The molecule has 0 spiro atoms. The summed E-state index contributed by atoms with van der Waals surface area (Å²) in [6, 6.07) is 0. The van der Waals surface area contributed by atoms with Gasteiger partial charge in [-0.1, -0.05) is 37.7 Å². The van der Waals surface area contributed by atoms with Gasteiger partial charge in [-0.15, -0.1) is 0 Å². The Bertz CT molecular complexity index is 56.5. The Morgan fingerprint density at radius 3 is 0.800 bits per heavy atom. The van der Waals surface area contributed by atoms with E-state index in [-0.39, 0.29) is 0 Å². The maximum atomic E-state index is 1.39. The van der Waals surface area contributed by atoms with Crippen LogP contribution in [0.1, 0.15) is 0 Å². The van der Waals surface area contributed by atoms with Gasteiger partial charge in [-0.3, -0.25) is 0 Å². The molecule has 0 aromatic carbocycles. The molecule has 0 unspecified atom stereocenters. The van der Waals surface area contributed by atoms with Gasteiger partial charge in [-0.05, 0) is 0 Å². The van der Waals surface area contributed by atoms with Crippen molar-refractivity contribution >= 4 is 37.7 Å². The van der Waals surface area contributed by atoms with Crippen molar-refractivity contribution in [3.8, 4) is 0 Å². The Balaban J connectivity index is 3.13. The summed E-state index contributed by atoms with van der Waals surface area (Å²) < 4.78 is 0. The topological polar surface area (TPSA) is 0 Å². The first-order valence-corrected chi connectivity index (χ1v) is 11.2. The summed E-state index contributed by atoms with van der Waals surface area (Å²) in [5.74, 6) is 0. The Kier molecular flexibility index (Phi) is 2.45. The predicted octanol–water partition coefficient (Wildman–Crippen LogP) is 2.97. The van der Waals surface area contributed by atoms with Crippen molar-refractivity contribution in [2.24, 2.45) is 0 Å². The van der Waals surface area contributed by atoms with Gasteiger partial charge in [0.1, 0.15) is 0 Å². The van der Waals surface area contributed by atoms with Gasteiger partial charge < -0.3 is 0 Å². The first-order valence-electron chi connectivity index (χ1n) is 1.25. The Hall–Kier alpha value is 1.50. The lowest BCUT2D eigenvalue weighted by Crippen LogP contribution is -0.459. The molecule has 0 amide bonds. The van der Waals surface area contributed by atoms with E-state index in [2.05, 4.69) is 0 Å². The molecule has 0 fully saturated rings. The third-order valence-electron chi connectivity index (χ3n) is 0.312. The maximum absolute atomic E-state index is 1.39. The van der Waals surface area contributed by atoms with Crippen LogP contribution in [0.15, 0.2) is 0 Å². The summed E-state index contributed by atoms with van der Waals surface area (Å²) in [5.41, 5.74) is 0. The largest absolute Gasteiger partial charge is 0.0972 e. The standard InChI is InChI=1S/H5P5/c1-2-4-5-3-1/h1-5H. The molecule has 0 aliphatic heterocycles. The third kappa shape index (κ3) is 1.59. The Labute approximate surface area is 38.4 Å². The smallest absolute Gasteiger partial charge is 0.0972 e. The van der Waals surface area contributed by atoms with E-state index in [1.165, 1.54) is 37.7 Å². The van der Waals surface area contributed by atoms with Gasteiger partial charge in [0.25, 0.3) is 0 Å². The van der Waals surface area contributed by atoms with E-state index in [0.29, 0.717) is 0 Å². The maximum Gasteiger partial charge on any atom is -0.0972 e. The van der Waals surface area contributed by atoms with Crippen molar-refractivity contribution in [3.63, 3.8) is 0 Å². The number of hydrogen-bond donors (Lipinski definition) is 0. The molecule has 1 aromatic heterocycles. The van der Waals surface area contributed by atoms with Gasteiger partial charge in [0.15, 0.2) is 0 Å². The van der Waals surface area contributed by atoms with Gasteiger partial charge in [0.2, 0.25) is 0 Å². The number of rotatable bonds is 0. The Morgan fingerprint density at radius 2 is 0.600 bits per heavy atom. The molecule has 0 radical (unpaired) electrons. The molecule has 30 valence electrons. The van der Waals surface area contributed by atoms with E-state index in [9.17, 15) is 0 Å². The molecule has 0 bridgehead atoms. The minimum absolute atomic E-state index is 1.39. The summed E-state index contributed by atoms with van der Waals surface area (Å²) in [5, 5.41) is 0. The van der Waals surface area contributed by atoms with Crippen molar-refractivity contribution in [2.45, 2.75) is 0 Å². The summed E-state index contributed by atoms with van der Waals surface area (Å²) in [6.45, 7) is 0. The summed E-state index contributed by atoms with van der Waals surface area (Å²) >= 11 is 0. The van der Waals surface area contributed by atoms with Crippen molar-refractivity contribution in [1.29, 1.82) is 0 Å². The zero-order valence-corrected chi connectivity index (χ0v) is 7.50. The zero-order chi connectivity index (χ0) is 3.54. The highest BCUT2D eigenvalue weighted by Crippen LogP contribution is 2.50. The van der Waals surface area contributed by atoms with Crippen molar-refractivity contribution < 1.29 is 0 Å². The second-order valence-corrected chi connectivity index (χ2v) is 16.9. The third-order valence-corrected chi connectivity index (χ3v) is 25.3. The van der Waals surface area contributed by atoms with Crippen LogP contribution < -0.4 is 0 Å². The van der Waals surface area contributed by atoms with E-state index in [4.69, 9.17) is 0 Å². The lowest BCUT2D eigenvalue weighted by molar-refractivity contribution is 5.60. The van der Waals surface area contributed by atoms with Crippen LogP contribution in [0.4, 0.5) is 0 Å². The lowest BCUT2D eigenvalue weighted by Gasteiger charge is -1.42. The predicted molar refractivity (Wildman–Crippen MR) is 41.6 cm³/mol. The van der Waals surface area contributed by atoms with Gasteiger partial charge >= 0.3 is 0 Å². The molecular weight excluding hydrogens is 155 g/mol. The molecule has 1 rings (SSSR count). The lowest BCUT2D eigenvalue weighted by atomic mass is 29.7. The summed E-state index contributed by atoms with van der Waals surface area (Å²) in [4.78, 5) is 0. The molecule has 5 heteroatoms. The van der Waals surface area contributed by atoms with Crippen molar-refractivity contribution in [3.05, 3.63) is 0 Å². The summed E-state index contributed by atoms with van der Waals surface area (Å²) in [6.07, 6.45) is 0. The van der Waals surface area contributed by atoms with E-state index in [0.717, 1.165) is 0 Å². The van der Waals surface area contributed by atoms with E-state index < -0.39 is 0 Å². The van der Waals surface area contributed by atoms with Crippen LogP contribution in [0.3, 0.4) is 0 Å². The average molecular weight is 160 g/mol. The summed E-state index contributed by atoms with van der Waals surface area (Å²) in [7, 11) is 6.94. The first kappa shape index (κ1) is 4.65. The average Bonchev–Trinajstić information content (AvgIpc) is 1.76. The van der Waals surface area contributed by atoms with Crippen LogP contribution in [0, 0.1) is 0 Å². The van der Waals surface area contributed by atoms with Gasteiger partial charge in [-0.2, -0.15) is 0 Å². The van der Waals surface area contributed by atoms with E-state index >= 15 is 0 Å². The fourth-order valence-corrected chi connectivity index (χ4v) is 38.0. The van der Waals surface area contributed by atoms with Crippen LogP contribution in [-0.2, 0) is 0 Å². The van der Waals surface area contributed by atoms with E-state index in [1.807, 2.05) is 0 Å². The molecule has 0 saturated heterocycles. The molecule has 0 atom stereocenters. The molecular formula is H5P5.